The van der Waals surface area contributed by atoms with Crippen molar-refractivity contribution >= 4 is 23.2 Å². The number of halogens is 1. The van der Waals surface area contributed by atoms with E-state index in [2.05, 4.69) is 10.6 Å². The number of methoxy groups -OCH3 is 1. The summed E-state index contributed by atoms with van der Waals surface area (Å²) >= 11 is 5.83. The number of rotatable bonds is 7. The van der Waals surface area contributed by atoms with Gasteiger partial charge in [0.15, 0.2) is 0 Å². The molecule has 0 aliphatic carbocycles. The van der Waals surface area contributed by atoms with Gasteiger partial charge in [0.1, 0.15) is 5.75 Å². The first-order chi connectivity index (χ1) is 10.7. The van der Waals surface area contributed by atoms with Crippen molar-refractivity contribution in [2.24, 2.45) is 0 Å². The zero-order chi connectivity index (χ0) is 15.8. The Balaban J connectivity index is 1.67. The largest absolute Gasteiger partial charge is 0.497 e. The molecule has 2 aromatic carbocycles. The van der Waals surface area contributed by atoms with Crippen LogP contribution in [-0.4, -0.2) is 19.6 Å². The monoisotopic (exact) mass is 318 g/mol. The van der Waals surface area contributed by atoms with Crippen molar-refractivity contribution in [2.75, 3.05) is 19.0 Å². The van der Waals surface area contributed by atoms with Gasteiger partial charge in [-0.25, -0.2) is 0 Å². The second kappa shape index (κ2) is 8.41. The van der Waals surface area contributed by atoms with Crippen LogP contribution in [0.1, 0.15) is 12.0 Å². The van der Waals surface area contributed by atoms with Gasteiger partial charge in [0, 0.05) is 30.2 Å². The summed E-state index contributed by atoms with van der Waals surface area (Å²) in [6.45, 7) is 1.33. The third kappa shape index (κ3) is 5.39. The minimum atomic E-state index is -0.0197. The van der Waals surface area contributed by atoms with Crippen molar-refractivity contribution in [3.8, 4) is 5.75 Å². The Hall–Kier alpha value is -2.04. The van der Waals surface area contributed by atoms with E-state index in [1.165, 1.54) is 0 Å². The van der Waals surface area contributed by atoms with Crippen LogP contribution in [0.2, 0.25) is 5.02 Å². The van der Waals surface area contributed by atoms with Crippen molar-refractivity contribution in [2.45, 2.75) is 13.0 Å². The zero-order valence-corrected chi connectivity index (χ0v) is 13.2. The summed E-state index contributed by atoms with van der Waals surface area (Å²) in [4.78, 5) is 11.8. The van der Waals surface area contributed by atoms with Gasteiger partial charge in [-0.2, -0.15) is 0 Å². The quantitative estimate of drug-likeness (QED) is 0.769. The van der Waals surface area contributed by atoms with E-state index in [1.54, 1.807) is 7.11 Å². The van der Waals surface area contributed by atoms with E-state index in [-0.39, 0.29) is 5.91 Å². The molecule has 0 atom stereocenters. The van der Waals surface area contributed by atoms with E-state index >= 15 is 0 Å². The molecule has 2 N–H and O–H groups in total. The molecule has 0 bridgehead atoms. The second-order valence-electron chi connectivity index (χ2n) is 4.83. The number of hydrogen-bond donors (Lipinski definition) is 2. The van der Waals surface area contributed by atoms with Gasteiger partial charge in [-0.1, -0.05) is 23.7 Å². The molecule has 0 saturated heterocycles. The number of carbonyl (C=O) groups is 1. The highest BCUT2D eigenvalue weighted by Crippen LogP contribution is 2.15. The Labute approximate surface area is 135 Å². The van der Waals surface area contributed by atoms with Crippen LogP contribution in [0.5, 0.6) is 5.75 Å². The molecule has 0 radical (unpaired) electrons. The summed E-state index contributed by atoms with van der Waals surface area (Å²) < 4.78 is 5.07. The van der Waals surface area contributed by atoms with E-state index in [0.717, 1.165) is 22.0 Å². The molecule has 0 unspecified atom stereocenters. The second-order valence-corrected chi connectivity index (χ2v) is 5.27. The standard InChI is InChI=1S/C17H19ClN2O2/c1-22-16-8-6-15(7-9-16)20-17(21)10-11-19-12-13-2-4-14(18)5-3-13/h2-9,19H,10-12H2,1H3,(H,20,21). The summed E-state index contributed by atoms with van der Waals surface area (Å²) in [7, 11) is 1.61. The van der Waals surface area contributed by atoms with Crippen LogP contribution in [0, 0.1) is 0 Å². The van der Waals surface area contributed by atoms with Crippen LogP contribution in [0.3, 0.4) is 0 Å². The van der Waals surface area contributed by atoms with Gasteiger partial charge in [0.25, 0.3) is 0 Å². The number of benzene rings is 2. The highest BCUT2D eigenvalue weighted by Gasteiger charge is 2.02. The van der Waals surface area contributed by atoms with Gasteiger partial charge in [0.05, 0.1) is 7.11 Å². The number of anilines is 1. The fourth-order valence-corrected chi connectivity index (χ4v) is 2.06. The number of nitrogens with one attached hydrogen (secondary N) is 2. The molecule has 1 amide bonds. The van der Waals surface area contributed by atoms with Crippen molar-refractivity contribution < 1.29 is 9.53 Å². The van der Waals surface area contributed by atoms with Crippen LogP contribution >= 0.6 is 11.6 Å². The molecule has 0 spiro atoms. The molecular weight excluding hydrogens is 300 g/mol. The minimum Gasteiger partial charge on any atom is -0.497 e. The van der Waals surface area contributed by atoms with Crippen LogP contribution < -0.4 is 15.4 Å². The fraction of sp³-hybridized carbons (Fsp3) is 0.235. The average Bonchev–Trinajstić information content (AvgIpc) is 2.54. The molecule has 2 aromatic rings. The van der Waals surface area contributed by atoms with Crippen LogP contribution in [-0.2, 0) is 11.3 Å². The van der Waals surface area contributed by atoms with Crippen LogP contribution in [0.4, 0.5) is 5.69 Å². The number of carbonyl (C=O) groups excluding carboxylic acids is 1. The maximum Gasteiger partial charge on any atom is 0.225 e. The molecule has 0 fully saturated rings. The van der Waals surface area contributed by atoms with Gasteiger partial charge in [-0.15, -0.1) is 0 Å². The van der Waals surface area contributed by atoms with Gasteiger partial charge < -0.3 is 15.4 Å². The summed E-state index contributed by atoms with van der Waals surface area (Å²) in [6.07, 6.45) is 0.416. The van der Waals surface area contributed by atoms with Crippen molar-refractivity contribution in [1.82, 2.24) is 5.32 Å². The number of ether oxygens (including phenoxy) is 1. The lowest BCUT2D eigenvalue weighted by molar-refractivity contribution is -0.116. The SMILES string of the molecule is COc1ccc(NC(=O)CCNCc2ccc(Cl)cc2)cc1. The first kappa shape index (κ1) is 16.3. The zero-order valence-electron chi connectivity index (χ0n) is 12.4. The maximum absolute atomic E-state index is 11.8. The number of amides is 1. The normalized spacial score (nSPS) is 10.3. The topological polar surface area (TPSA) is 50.4 Å². The third-order valence-corrected chi connectivity index (χ3v) is 3.40. The first-order valence-corrected chi connectivity index (χ1v) is 7.44. The molecule has 0 saturated carbocycles. The summed E-state index contributed by atoms with van der Waals surface area (Å²) in [5, 5.41) is 6.80. The molecule has 4 nitrogen and oxygen atoms in total. The molecule has 0 aromatic heterocycles. The van der Waals surface area contributed by atoms with Crippen molar-refractivity contribution in [3.63, 3.8) is 0 Å². The fourth-order valence-electron chi connectivity index (χ4n) is 1.93. The van der Waals surface area contributed by atoms with Gasteiger partial charge in [-0.3, -0.25) is 4.79 Å². The van der Waals surface area contributed by atoms with Gasteiger partial charge >= 0.3 is 0 Å². The minimum absolute atomic E-state index is 0.0197. The predicted octanol–water partition coefficient (Wildman–Crippen LogP) is 3.47. The Morgan fingerprint density at radius 2 is 1.77 bits per heavy atom. The van der Waals surface area contributed by atoms with E-state index in [9.17, 15) is 4.79 Å². The summed E-state index contributed by atoms with van der Waals surface area (Å²) in [5.41, 5.74) is 1.91. The maximum atomic E-state index is 11.8. The molecule has 22 heavy (non-hydrogen) atoms. The Bertz CT molecular complexity index is 597. The van der Waals surface area contributed by atoms with Crippen LogP contribution in [0.15, 0.2) is 48.5 Å². The molecule has 0 aliphatic heterocycles. The Kier molecular flexibility index (Phi) is 6.25. The first-order valence-electron chi connectivity index (χ1n) is 7.06. The lowest BCUT2D eigenvalue weighted by Gasteiger charge is -2.07. The van der Waals surface area contributed by atoms with E-state index in [1.807, 2.05) is 48.5 Å². The summed E-state index contributed by atoms with van der Waals surface area (Å²) in [6, 6.07) is 14.9. The number of hydrogen-bond acceptors (Lipinski definition) is 3. The highest BCUT2D eigenvalue weighted by molar-refractivity contribution is 6.30. The Morgan fingerprint density at radius 3 is 2.41 bits per heavy atom. The summed E-state index contributed by atoms with van der Waals surface area (Å²) in [5.74, 6) is 0.747. The lowest BCUT2D eigenvalue weighted by atomic mass is 10.2. The van der Waals surface area contributed by atoms with Crippen molar-refractivity contribution in [1.29, 1.82) is 0 Å². The predicted molar refractivity (Wildman–Crippen MR) is 89.4 cm³/mol. The van der Waals surface area contributed by atoms with E-state index in [0.29, 0.717) is 19.5 Å². The van der Waals surface area contributed by atoms with E-state index in [4.69, 9.17) is 16.3 Å². The average molecular weight is 319 g/mol. The van der Waals surface area contributed by atoms with Gasteiger partial charge in [0.2, 0.25) is 5.91 Å². The molecule has 5 heteroatoms. The third-order valence-electron chi connectivity index (χ3n) is 3.14. The molecular formula is C17H19ClN2O2. The van der Waals surface area contributed by atoms with Crippen LogP contribution in [0.25, 0.3) is 0 Å². The molecule has 116 valence electrons. The van der Waals surface area contributed by atoms with Crippen molar-refractivity contribution in [3.05, 3.63) is 59.1 Å². The highest BCUT2D eigenvalue weighted by atomic mass is 35.5. The van der Waals surface area contributed by atoms with Gasteiger partial charge in [-0.05, 0) is 42.0 Å². The molecule has 0 heterocycles. The smallest absolute Gasteiger partial charge is 0.225 e. The molecule has 2 rings (SSSR count). The Morgan fingerprint density at radius 1 is 1.09 bits per heavy atom. The lowest BCUT2D eigenvalue weighted by Crippen LogP contribution is -2.21. The molecule has 0 aliphatic rings. The van der Waals surface area contributed by atoms with E-state index < -0.39 is 0 Å².